The van der Waals surface area contributed by atoms with Gasteiger partial charge >= 0.3 is 0 Å². The zero-order valence-electron chi connectivity index (χ0n) is 18.4. The van der Waals surface area contributed by atoms with Crippen LogP contribution < -0.4 is 20.4 Å². The van der Waals surface area contributed by atoms with Gasteiger partial charge in [-0.1, -0.05) is 13.8 Å². The van der Waals surface area contributed by atoms with Crippen molar-refractivity contribution in [1.82, 2.24) is 15.3 Å². The van der Waals surface area contributed by atoms with E-state index in [9.17, 15) is 0 Å². The second kappa shape index (κ2) is 10.1. The van der Waals surface area contributed by atoms with E-state index in [1.165, 1.54) is 25.7 Å². The van der Waals surface area contributed by atoms with E-state index in [0.717, 1.165) is 63.8 Å². The summed E-state index contributed by atoms with van der Waals surface area (Å²) in [5.41, 5.74) is 0. The second-order valence-corrected chi connectivity index (χ2v) is 9.67. The normalized spacial score (nSPS) is 27.2. The zero-order valence-corrected chi connectivity index (χ0v) is 19.2. The molecule has 0 spiro atoms. The number of hydrogen-bond acceptors (Lipinski definition) is 6. The molecule has 4 rings (SSSR count). The molecular formula is C22H36N6OS. The Kier molecular flexibility index (Phi) is 7.25. The summed E-state index contributed by atoms with van der Waals surface area (Å²) in [7, 11) is 0. The largest absolute Gasteiger partial charge is 0.376 e. The quantitative estimate of drug-likeness (QED) is 0.686. The summed E-state index contributed by atoms with van der Waals surface area (Å²) in [4.78, 5) is 14.5. The van der Waals surface area contributed by atoms with Gasteiger partial charge in [0.1, 0.15) is 11.6 Å². The molecule has 3 aliphatic rings. The van der Waals surface area contributed by atoms with Crippen molar-refractivity contribution in [2.75, 3.05) is 54.4 Å². The van der Waals surface area contributed by atoms with E-state index in [1.807, 2.05) is 0 Å². The predicted molar refractivity (Wildman–Crippen MR) is 126 cm³/mol. The highest BCUT2D eigenvalue weighted by molar-refractivity contribution is 7.80. The number of hydrogen-bond donors (Lipinski definition) is 2. The average Bonchev–Trinajstić information content (AvgIpc) is 3.26. The fourth-order valence-corrected chi connectivity index (χ4v) is 4.93. The summed E-state index contributed by atoms with van der Waals surface area (Å²) in [5, 5.41) is 7.07. The van der Waals surface area contributed by atoms with Crippen LogP contribution in [0.5, 0.6) is 0 Å². The molecule has 0 bridgehead atoms. The Morgan fingerprint density at radius 1 is 1.03 bits per heavy atom. The number of anilines is 3. The van der Waals surface area contributed by atoms with Gasteiger partial charge in [0.05, 0.1) is 6.10 Å². The average molecular weight is 433 g/mol. The summed E-state index contributed by atoms with van der Waals surface area (Å²) >= 11 is 5.52. The van der Waals surface area contributed by atoms with Crippen LogP contribution in [-0.2, 0) is 4.74 Å². The van der Waals surface area contributed by atoms with Crippen LogP contribution in [0.1, 0.15) is 52.4 Å². The minimum Gasteiger partial charge on any atom is -0.376 e. The van der Waals surface area contributed by atoms with Gasteiger partial charge < -0.3 is 25.2 Å². The van der Waals surface area contributed by atoms with Gasteiger partial charge in [-0.15, -0.1) is 0 Å². The van der Waals surface area contributed by atoms with Gasteiger partial charge in [-0.05, 0) is 62.6 Å². The molecule has 8 heteroatoms. The lowest BCUT2D eigenvalue weighted by atomic mass is 10.00. The Hall–Kier alpha value is -1.67. The highest BCUT2D eigenvalue weighted by Crippen LogP contribution is 2.28. The van der Waals surface area contributed by atoms with Gasteiger partial charge in [-0.2, -0.15) is 9.97 Å². The standard InChI is InChI=1S/C22H36N6OS/c1-16-6-3-9-27(14-16)19-12-20(28-10-4-7-17(2)15-28)25-21(24-19)26-22(30)23-13-18-8-5-11-29-18/h12,16-18H,3-11,13-15H2,1-2H3,(H2,23,24,25,26,30)/t16-,17+,18-/m1/s1. The van der Waals surface area contributed by atoms with Gasteiger partial charge in [0.2, 0.25) is 5.95 Å². The first-order chi connectivity index (χ1) is 14.6. The molecule has 1 aromatic heterocycles. The smallest absolute Gasteiger partial charge is 0.232 e. The Labute approximate surface area is 186 Å². The van der Waals surface area contributed by atoms with Crippen molar-refractivity contribution in [3.8, 4) is 0 Å². The minimum atomic E-state index is 0.247. The van der Waals surface area contributed by atoms with Crippen LogP contribution in [0.3, 0.4) is 0 Å². The highest BCUT2D eigenvalue weighted by atomic mass is 32.1. The van der Waals surface area contributed by atoms with Crippen LogP contribution in [0.2, 0.25) is 0 Å². The zero-order chi connectivity index (χ0) is 20.9. The summed E-state index contributed by atoms with van der Waals surface area (Å²) < 4.78 is 5.68. The molecule has 0 saturated carbocycles. The molecule has 3 saturated heterocycles. The van der Waals surface area contributed by atoms with Crippen molar-refractivity contribution in [3.63, 3.8) is 0 Å². The molecule has 0 amide bonds. The third-order valence-electron chi connectivity index (χ3n) is 6.40. The summed E-state index contributed by atoms with van der Waals surface area (Å²) in [6.07, 6.45) is 7.48. The molecule has 30 heavy (non-hydrogen) atoms. The van der Waals surface area contributed by atoms with Crippen LogP contribution in [0, 0.1) is 11.8 Å². The molecular weight excluding hydrogens is 396 g/mol. The van der Waals surface area contributed by atoms with Crippen LogP contribution >= 0.6 is 12.2 Å². The number of nitrogens with one attached hydrogen (secondary N) is 2. The number of rotatable bonds is 5. The van der Waals surface area contributed by atoms with Crippen molar-refractivity contribution < 1.29 is 4.74 Å². The third-order valence-corrected chi connectivity index (χ3v) is 6.65. The fourth-order valence-electron chi connectivity index (χ4n) is 4.75. The fraction of sp³-hybridized carbons (Fsp3) is 0.773. The van der Waals surface area contributed by atoms with Gasteiger partial charge in [-0.3, -0.25) is 0 Å². The first kappa shape index (κ1) is 21.6. The molecule has 0 radical (unpaired) electrons. The number of piperidine rings is 2. The van der Waals surface area contributed by atoms with Gasteiger partial charge in [-0.25, -0.2) is 0 Å². The highest BCUT2D eigenvalue weighted by Gasteiger charge is 2.23. The molecule has 2 N–H and O–H groups in total. The summed E-state index contributed by atoms with van der Waals surface area (Å²) in [6.45, 7) is 10.4. The van der Waals surface area contributed by atoms with Crippen molar-refractivity contribution in [1.29, 1.82) is 0 Å². The van der Waals surface area contributed by atoms with E-state index >= 15 is 0 Å². The molecule has 3 atom stereocenters. The summed E-state index contributed by atoms with van der Waals surface area (Å²) in [6, 6.07) is 2.17. The van der Waals surface area contributed by atoms with E-state index in [0.29, 0.717) is 22.9 Å². The van der Waals surface area contributed by atoms with Crippen molar-refractivity contribution in [3.05, 3.63) is 6.07 Å². The number of nitrogens with zero attached hydrogens (tertiary/aromatic N) is 4. The Morgan fingerprint density at radius 3 is 2.20 bits per heavy atom. The van der Waals surface area contributed by atoms with Gasteiger partial charge in [0.25, 0.3) is 0 Å². The molecule has 166 valence electrons. The molecule has 0 aliphatic carbocycles. The Bertz CT molecular complexity index is 685. The molecule has 0 aromatic carbocycles. The van der Waals surface area contributed by atoms with E-state index in [-0.39, 0.29) is 6.10 Å². The monoisotopic (exact) mass is 432 g/mol. The minimum absolute atomic E-state index is 0.247. The predicted octanol–water partition coefficient (Wildman–Crippen LogP) is 3.41. The van der Waals surface area contributed by atoms with E-state index in [1.54, 1.807) is 0 Å². The van der Waals surface area contributed by atoms with Crippen LogP contribution in [0.25, 0.3) is 0 Å². The van der Waals surface area contributed by atoms with Gasteiger partial charge in [0.15, 0.2) is 5.11 Å². The molecule has 7 nitrogen and oxygen atoms in total. The molecule has 3 fully saturated rings. The van der Waals surface area contributed by atoms with E-state index in [4.69, 9.17) is 26.9 Å². The Balaban J connectivity index is 1.49. The van der Waals surface area contributed by atoms with Crippen LogP contribution in [0.4, 0.5) is 17.6 Å². The third kappa shape index (κ3) is 5.72. The SMILES string of the molecule is C[C@@H]1CCCN(c2cc(N3CCC[C@H](C)C3)nc(NC(=S)NC[C@H]3CCCO3)n2)C1. The molecule has 0 unspecified atom stereocenters. The first-order valence-electron chi connectivity index (χ1n) is 11.6. The summed E-state index contributed by atoms with van der Waals surface area (Å²) in [5.74, 6) is 3.99. The maximum atomic E-state index is 5.68. The van der Waals surface area contributed by atoms with Crippen LogP contribution in [0.15, 0.2) is 6.07 Å². The number of thiocarbonyl (C=S) groups is 1. The molecule has 3 aliphatic heterocycles. The lowest BCUT2D eigenvalue weighted by Gasteiger charge is -2.35. The molecule has 1 aromatic rings. The van der Waals surface area contributed by atoms with Crippen molar-refractivity contribution >= 4 is 34.9 Å². The number of aromatic nitrogens is 2. The van der Waals surface area contributed by atoms with Crippen LogP contribution in [-0.4, -0.2) is 60.5 Å². The maximum absolute atomic E-state index is 5.68. The maximum Gasteiger partial charge on any atom is 0.232 e. The van der Waals surface area contributed by atoms with E-state index < -0.39 is 0 Å². The Morgan fingerprint density at radius 2 is 1.67 bits per heavy atom. The van der Waals surface area contributed by atoms with Crippen molar-refractivity contribution in [2.45, 2.75) is 58.5 Å². The topological polar surface area (TPSA) is 65.5 Å². The van der Waals surface area contributed by atoms with E-state index in [2.05, 4.69) is 40.3 Å². The number of ether oxygens (including phenoxy) is 1. The lowest BCUT2D eigenvalue weighted by molar-refractivity contribution is 0.114. The lowest BCUT2D eigenvalue weighted by Crippen LogP contribution is -2.38. The second-order valence-electron chi connectivity index (χ2n) is 9.26. The first-order valence-corrected chi connectivity index (χ1v) is 12.0. The van der Waals surface area contributed by atoms with Gasteiger partial charge in [0, 0.05) is 45.4 Å². The van der Waals surface area contributed by atoms with Crippen molar-refractivity contribution in [2.24, 2.45) is 11.8 Å². The molecule has 4 heterocycles.